The quantitative estimate of drug-likeness (QED) is 0.743. The fourth-order valence-corrected chi connectivity index (χ4v) is 5.29. The molecule has 1 heterocycles. The predicted octanol–water partition coefficient (Wildman–Crippen LogP) is 2.48. The predicted molar refractivity (Wildman–Crippen MR) is 101 cm³/mol. The van der Waals surface area contributed by atoms with Crippen LogP contribution in [0.1, 0.15) is 24.8 Å². The number of rotatable bonds is 5. The lowest BCUT2D eigenvalue weighted by Gasteiger charge is -2.26. The van der Waals surface area contributed by atoms with Crippen LogP contribution in [0.25, 0.3) is 0 Å². The van der Waals surface area contributed by atoms with Crippen LogP contribution in [-0.2, 0) is 19.6 Å². The molecule has 27 heavy (non-hydrogen) atoms. The van der Waals surface area contributed by atoms with Gasteiger partial charge in [-0.05, 0) is 44.0 Å². The van der Waals surface area contributed by atoms with Crippen LogP contribution in [0.15, 0.2) is 59.5 Å². The van der Waals surface area contributed by atoms with Crippen molar-refractivity contribution in [3.8, 4) is 0 Å². The lowest BCUT2D eigenvalue weighted by atomic mass is 10.2. The molecule has 2 aromatic rings. The van der Waals surface area contributed by atoms with Crippen LogP contribution in [0.2, 0.25) is 0 Å². The molecule has 2 aliphatic rings. The van der Waals surface area contributed by atoms with Gasteiger partial charge in [-0.2, -0.15) is 4.31 Å². The van der Waals surface area contributed by atoms with Gasteiger partial charge in [0.2, 0.25) is 15.9 Å². The number of hydrogen-bond acceptors (Lipinski definition) is 4. The molecule has 0 aromatic heterocycles. The zero-order chi connectivity index (χ0) is 19.2. The maximum Gasteiger partial charge on any atom is 0.252 e. The molecule has 2 aromatic carbocycles. The topological polar surface area (TPSA) is 74.8 Å². The summed E-state index contributed by atoms with van der Waals surface area (Å²) in [6.45, 7) is 1.92. The standard InChI is InChI=1S/C20H20N2O4S/c1-14-7-9-15(10-8-14)21-19(23)13-18(20(21)24)22(16-11-12-16)27(25,26)17-5-3-2-4-6-17/h2-10,16,18H,11-13H2,1H3. The molecule has 0 radical (unpaired) electrons. The van der Waals surface area contributed by atoms with E-state index < -0.39 is 22.0 Å². The number of hydrogen-bond donors (Lipinski definition) is 0. The van der Waals surface area contributed by atoms with Crippen molar-refractivity contribution in [1.29, 1.82) is 0 Å². The van der Waals surface area contributed by atoms with Crippen molar-refractivity contribution in [2.24, 2.45) is 0 Å². The third-order valence-electron chi connectivity index (χ3n) is 4.95. The summed E-state index contributed by atoms with van der Waals surface area (Å²) in [5, 5.41) is 0. The Morgan fingerprint density at radius 1 is 0.963 bits per heavy atom. The van der Waals surface area contributed by atoms with Gasteiger partial charge in [0.25, 0.3) is 5.91 Å². The molecule has 1 aliphatic carbocycles. The van der Waals surface area contributed by atoms with Crippen LogP contribution in [0.3, 0.4) is 0 Å². The Bertz CT molecular complexity index is 982. The Morgan fingerprint density at radius 2 is 1.59 bits per heavy atom. The summed E-state index contributed by atoms with van der Waals surface area (Å²) in [5.41, 5.74) is 1.49. The lowest BCUT2D eigenvalue weighted by molar-refractivity contribution is -0.122. The highest BCUT2D eigenvalue weighted by molar-refractivity contribution is 7.89. The summed E-state index contributed by atoms with van der Waals surface area (Å²) in [5.74, 6) is -0.849. The van der Waals surface area contributed by atoms with Crippen molar-refractivity contribution >= 4 is 27.5 Å². The number of anilines is 1. The first-order valence-electron chi connectivity index (χ1n) is 8.91. The molecule has 1 unspecified atom stereocenters. The minimum atomic E-state index is -3.86. The van der Waals surface area contributed by atoms with E-state index in [9.17, 15) is 18.0 Å². The third-order valence-corrected chi connectivity index (χ3v) is 6.92. The molecule has 1 aliphatic heterocycles. The average molecular weight is 384 g/mol. The first-order valence-corrected chi connectivity index (χ1v) is 10.4. The summed E-state index contributed by atoms with van der Waals surface area (Å²) in [4.78, 5) is 26.9. The minimum Gasteiger partial charge on any atom is -0.274 e. The van der Waals surface area contributed by atoms with E-state index in [1.165, 1.54) is 16.4 Å². The van der Waals surface area contributed by atoms with Gasteiger partial charge in [0.1, 0.15) is 6.04 Å². The van der Waals surface area contributed by atoms with Crippen molar-refractivity contribution in [1.82, 2.24) is 4.31 Å². The van der Waals surface area contributed by atoms with Crippen molar-refractivity contribution in [3.63, 3.8) is 0 Å². The lowest BCUT2D eigenvalue weighted by Crippen LogP contribution is -2.46. The largest absolute Gasteiger partial charge is 0.274 e. The summed E-state index contributed by atoms with van der Waals surface area (Å²) >= 11 is 0. The van der Waals surface area contributed by atoms with E-state index in [2.05, 4.69) is 0 Å². The van der Waals surface area contributed by atoms with E-state index in [0.717, 1.165) is 10.5 Å². The van der Waals surface area contributed by atoms with E-state index in [1.807, 2.05) is 19.1 Å². The molecular weight excluding hydrogens is 364 g/mol. The molecule has 1 saturated carbocycles. The van der Waals surface area contributed by atoms with Gasteiger partial charge in [-0.3, -0.25) is 9.59 Å². The second-order valence-electron chi connectivity index (χ2n) is 7.00. The number of aryl methyl sites for hydroxylation is 1. The summed E-state index contributed by atoms with van der Waals surface area (Å²) in [6, 6.07) is 13.9. The van der Waals surface area contributed by atoms with Crippen LogP contribution < -0.4 is 4.90 Å². The van der Waals surface area contributed by atoms with Crippen LogP contribution >= 0.6 is 0 Å². The number of nitrogens with zero attached hydrogens (tertiary/aromatic N) is 2. The number of sulfonamides is 1. The van der Waals surface area contributed by atoms with E-state index in [1.54, 1.807) is 30.3 Å². The summed E-state index contributed by atoms with van der Waals surface area (Å²) < 4.78 is 27.6. The highest BCUT2D eigenvalue weighted by atomic mass is 32.2. The molecule has 0 spiro atoms. The Hall–Kier alpha value is -2.51. The molecule has 2 fully saturated rings. The van der Waals surface area contributed by atoms with Crippen molar-refractivity contribution in [2.75, 3.05) is 4.90 Å². The van der Waals surface area contributed by atoms with Crippen molar-refractivity contribution in [3.05, 3.63) is 60.2 Å². The first kappa shape index (κ1) is 17.9. The first-order chi connectivity index (χ1) is 12.9. The third kappa shape index (κ3) is 3.17. The normalized spacial score (nSPS) is 20.5. The monoisotopic (exact) mass is 384 g/mol. The number of carbonyl (C=O) groups is 2. The summed E-state index contributed by atoms with van der Waals surface area (Å²) in [7, 11) is -3.86. The van der Waals surface area contributed by atoms with E-state index in [0.29, 0.717) is 18.5 Å². The van der Waals surface area contributed by atoms with Gasteiger partial charge in [-0.25, -0.2) is 13.3 Å². The van der Waals surface area contributed by atoms with Crippen LogP contribution in [0, 0.1) is 6.92 Å². The van der Waals surface area contributed by atoms with Gasteiger partial charge in [-0.15, -0.1) is 0 Å². The molecule has 7 heteroatoms. The molecular formula is C20H20N2O4S. The Balaban J connectivity index is 1.70. The Kier molecular flexibility index (Phi) is 4.36. The molecule has 1 saturated heterocycles. The van der Waals surface area contributed by atoms with E-state index in [-0.39, 0.29) is 23.3 Å². The fourth-order valence-electron chi connectivity index (χ4n) is 3.44. The molecule has 1 atom stereocenters. The van der Waals surface area contributed by atoms with Gasteiger partial charge in [0.05, 0.1) is 17.0 Å². The SMILES string of the molecule is Cc1ccc(N2C(=O)CC(N(C3CC3)S(=O)(=O)c3ccccc3)C2=O)cc1. The van der Waals surface area contributed by atoms with Gasteiger partial charge in [0.15, 0.2) is 0 Å². The zero-order valence-corrected chi connectivity index (χ0v) is 15.7. The maximum atomic E-state index is 13.2. The van der Waals surface area contributed by atoms with Gasteiger partial charge < -0.3 is 0 Å². The Morgan fingerprint density at radius 3 is 2.19 bits per heavy atom. The van der Waals surface area contributed by atoms with Gasteiger partial charge in [-0.1, -0.05) is 35.9 Å². The van der Waals surface area contributed by atoms with Gasteiger partial charge >= 0.3 is 0 Å². The van der Waals surface area contributed by atoms with Crippen molar-refractivity contribution < 1.29 is 18.0 Å². The minimum absolute atomic E-state index is 0.130. The van der Waals surface area contributed by atoms with Crippen LogP contribution in [-0.4, -0.2) is 36.6 Å². The molecule has 0 N–H and O–H groups in total. The highest BCUT2D eigenvalue weighted by Gasteiger charge is 2.51. The molecule has 140 valence electrons. The van der Waals surface area contributed by atoms with Crippen molar-refractivity contribution in [2.45, 2.75) is 43.2 Å². The number of imide groups is 1. The summed E-state index contributed by atoms with van der Waals surface area (Å²) in [6.07, 6.45) is 1.28. The van der Waals surface area contributed by atoms with Gasteiger partial charge in [0, 0.05) is 6.04 Å². The number of carbonyl (C=O) groups excluding carboxylic acids is 2. The smallest absolute Gasteiger partial charge is 0.252 e. The molecule has 2 amide bonds. The fraction of sp³-hybridized carbons (Fsp3) is 0.300. The highest BCUT2D eigenvalue weighted by Crippen LogP contribution is 2.38. The van der Waals surface area contributed by atoms with E-state index >= 15 is 0 Å². The van der Waals surface area contributed by atoms with Crippen LogP contribution in [0.4, 0.5) is 5.69 Å². The number of benzene rings is 2. The maximum absolute atomic E-state index is 13.2. The second-order valence-corrected chi connectivity index (χ2v) is 8.85. The second kappa shape index (κ2) is 6.58. The molecule has 4 rings (SSSR count). The van der Waals surface area contributed by atoms with E-state index in [4.69, 9.17) is 0 Å². The molecule has 0 bridgehead atoms. The average Bonchev–Trinajstić information content (AvgIpc) is 3.43. The number of amides is 2. The van der Waals surface area contributed by atoms with Crippen LogP contribution in [0.5, 0.6) is 0 Å². The Labute approximate surface area is 158 Å². The molecule has 6 nitrogen and oxygen atoms in total. The zero-order valence-electron chi connectivity index (χ0n) is 14.9.